The molecule has 0 amide bonds. The summed E-state index contributed by atoms with van der Waals surface area (Å²) in [6.07, 6.45) is 2.33. The van der Waals surface area contributed by atoms with E-state index >= 15 is 0 Å². The molecule has 0 heterocycles. The molecule has 2 nitrogen and oxygen atoms in total. The highest BCUT2D eigenvalue weighted by atomic mass is 16.1. The monoisotopic (exact) mass is 223 g/mol. The van der Waals surface area contributed by atoms with Crippen molar-refractivity contribution >= 4 is 6.08 Å². The van der Waals surface area contributed by atoms with Crippen LogP contribution >= 0.6 is 0 Å². The van der Waals surface area contributed by atoms with Crippen LogP contribution in [0.15, 0.2) is 59.6 Å². The molecule has 17 heavy (non-hydrogen) atoms. The van der Waals surface area contributed by atoms with E-state index in [0.717, 1.165) is 6.42 Å². The van der Waals surface area contributed by atoms with Crippen molar-refractivity contribution in [3.05, 3.63) is 60.2 Å². The summed E-state index contributed by atoms with van der Waals surface area (Å²) < 4.78 is 0. The van der Waals surface area contributed by atoms with Gasteiger partial charge in [-0.3, -0.25) is 0 Å². The summed E-state index contributed by atoms with van der Waals surface area (Å²) in [5.41, 5.74) is 3.58. The van der Waals surface area contributed by atoms with Crippen LogP contribution in [0.4, 0.5) is 0 Å². The van der Waals surface area contributed by atoms with Crippen molar-refractivity contribution in [1.29, 1.82) is 0 Å². The molecule has 0 spiro atoms. The Balaban J connectivity index is 2.20. The first kappa shape index (κ1) is 11.3. The maximum Gasteiger partial charge on any atom is 0.234 e. The molecule has 84 valence electrons. The molecule has 2 aromatic carbocycles. The first-order chi connectivity index (χ1) is 8.40. The fraction of sp³-hybridized carbons (Fsp3) is 0.133. The minimum Gasteiger partial charge on any atom is -0.211 e. The van der Waals surface area contributed by atoms with Gasteiger partial charge in [0.15, 0.2) is 0 Å². The Bertz CT molecular complexity index is 528. The van der Waals surface area contributed by atoms with Crippen LogP contribution in [0.3, 0.4) is 0 Å². The van der Waals surface area contributed by atoms with Gasteiger partial charge in [-0.1, -0.05) is 54.6 Å². The zero-order valence-electron chi connectivity index (χ0n) is 9.47. The fourth-order valence-corrected chi connectivity index (χ4v) is 1.77. The van der Waals surface area contributed by atoms with Gasteiger partial charge < -0.3 is 0 Å². The van der Waals surface area contributed by atoms with Crippen molar-refractivity contribution in [3.8, 4) is 11.1 Å². The first-order valence-corrected chi connectivity index (χ1v) is 5.58. The normalized spacial score (nSPS) is 9.65. The van der Waals surface area contributed by atoms with Gasteiger partial charge in [0.2, 0.25) is 6.08 Å². The second kappa shape index (κ2) is 5.78. The maximum absolute atomic E-state index is 9.99. The molecule has 0 saturated heterocycles. The average molecular weight is 223 g/mol. The highest BCUT2D eigenvalue weighted by molar-refractivity contribution is 5.63. The van der Waals surface area contributed by atoms with E-state index in [9.17, 15) is 4.79 Å². The number of hydrogen-bond acceptors (Lipinski definition) is 2. The minimum atomic E-state index is 0.502. The SMILES string of the molecule is O=C=NCCc1cccc(-c2ccccc2)c1. The van der Waals surface area contributed by atoms with Crippen LogP contribution in [0, 0.1) is 0 Å². The smallest absolute Gasteiger partial charge is 0.211 e. The summed E-state index contributed by atoms with van der Waals surface area (Å²) in [6, 6.07) is 18.5. The molecule has 0 radical (unpaired) electrons. The van der Waals surface area contributed by atoms with Crippen molar-refractivity contribution in [2.75, 3.05) is 6.54 Å². The van der Waals surface area contributed by atoms with E-state index in [0.29, 0.717) is 6.54 Å². The van der Waals surface area contributed by atoms with Gasteiger partial charge in [-0.15, -0.1) is 0 Å². The third-order valence-corrected chi connectivity index (χ3v) is 2.61. The van der Waals surface area contributed by atoms with E-state index in [-0.39, 0.29) is 0 Å². The molecule has 2 rings (SSSR count). The van der Waals surface area contributed by atoms with Crippen molar-refractivity contribution in [1.82, 2.24) is 0 Å². The molecule has 0 aliphatic rings. The molecule has 0 fully saturated rings. The summed E-state index contributed by atoms with van der Waals surface area (Å²) in [7, 11) is 0. The zero-order valence-corrected chi connectivity index (χ0v) is 9.47. The molecule has 0 unspecified atom stereocenters. The number of isocyanates is 1. The molecule has 0 aliphatic carbocycles. The number of carbonyl (C=O) groups excluding carboxylic acids is 1. The van der Waals surface area contributed by atoms with E-state index < -0.39 is 0 Å². The lowest BCUT2D eigenvalue weighted by molar-refractivity contribution is 0.563. The van der Waals surface area contributed by atoms with Crippen LogP contribution in [0.5, 0.6) is 0 Å². The van der Waals surface area contributed by atoms with Crippen molar-refractivity contribution in [2.45, 2.75) is 6.42 Å². The number of aliphatic imine (C=N–C) groups is 1. The number of benzene rings is 2. The minimum absolute atomic E-state index is 0.502. The lowest BCUT2D eigenvalue weighted by Crippen LogP contribution is -1.89. The van der Waals surface area contributed by atoms with Crippen molar-refractivity contribution in [2.24, 2.45) is 4.99 Å². The van der Waals surface area contributed by atoms with Crippen LogP contribution in [-0.4, -0.2) is 12.6 Å². The van der Waals surface area contributed by atoms with E-state index in [1.165, 1.54) is 16.7 Å². The lowest BCUT2D eigenvalue weighted by atomic mass is 10.0. The number of hydrogen-bond donors (Lipinski definition) is 0. The summed E-state index contributed by atoms with van der Waals surface area (Å²) in [6.45, 7) is 0.502. The van der Waals surface area contributed by atoms with Gasteiger partial charge in [0.25, 0.3) is 0 Å². The zero-order chi connectivity index (χ0) is 11.9. The Labute approximate surface area is 101 Å². The van der Waals surface area contributed by atoms with Crippen LogP contribution < -0.4 is 0 Å². The van der Waals surface area contributed by atoms with Crippen LogP contribution in [-0.2, 0) is 11.2 Å². The predicted octanol–water partition coefficient (Wildman–Crippen LogP) is 3.23. The molecule has 2 heteroatoms. The third kappa shape index (κ3) is 3.13. The van der Waals surface area contributed by atoms with Crippen LogP contribution in [0.25, 0.3) is 11.1 Å². The molecule has 0 atom stereocenters. The highest BCUT2D eigenvalue weighted by Gasteiger charge is 1.98. The van der Waals surface area contributed by atoms with Gasteiger partial charge in [-0.05, 0) is 23.1 Å². The van der Waals surface area contributed by atoms with Gasteiger partial charge in [0.1, 0.15) is 0 Å². The molecule has 0 bridgehead atoms. The Kier molecular flexibility index (Phi) is 3.85. The Morgan fingerprint density at radius 1 is 0.941 bits per heavy atom. The van der Waals surface area contributed by atoms with Gasteiger partial charge in [-0.25, -0.2) is 9.79 Å². The number of nitrogens with zero attached hydrogens (tertiary/aromatic N) is 1. The van der Waals surface area contributed by atoms with Gasteiger partial charge in [-0.2, -0.15) is 0 Å². The molecular formula is C15H13NO. The highest BCUT2D eigenvalue weighted by Crippen LogP contribution is 2.20. The van der Waals surface area contributed by atoms with Gasteiger partial charge in [0.05, 0.1) is 6.54 Å². The molecule has 2 aromatic rings. The molecular weight excluding hydrogens is 210 g/mol. The Morgan fingerprint density at radius 3 is 2.47 bits per heavy atom. The summed E-state index contributed by atoms with van der Waals surface area (Å²) >= 11 is 0. The second-order valence-electron chi connectivity index (χ2n) is 3.79. The topological polar surface area (TPSA) is 29.4 Å². The average Bonchev–Trinajstić information content (AvgIpc) is 2.41. The van der Waals surface area contributed by atoms with E-state index in [2.05, 4.69) is 29.3 Å². The van der Waals surface area contributed by atoms with E-state index in [1.54, 1.807) is 6.08 Å². The fourth-order valence-electron chi connectivity index (χ4n) is 1.77. The second-order valence-corrected chi connectivity index (χ2v) is 3.79. The molecule has 0 aromatic heterocycles. The van der Waals surface area contributed by atoms with Gasteiger partial charge in [0, 0.05) is 0 Å². The third-order valence-electron chi connectivity index (χ3n) is 2.61. The van der Waals surface area contributed by atoms with Crippen LogP contribution in [0.2, 0.25) is 0 Å². The summed E-state index contributed by atoms with van der Waals surface area (Å²) in [4.78, 5) is 13.6. The maximum atomic E-state index is 9.99. The number of rotatable bonds is 4. The van der Waals surface area contributed by atoms with Crippen LogP contribution in [0.1, 0.15) is 5.56 Å². The van der Waals surface area contributed by atoms with E-state index in [1.807, 2.05) is 30.3 Å². The predicted molar refractivity (Wildman–Crippen MR) is 68.6 cm³/mol. The Hall–Kier alpha value is -2.18. The summed E-state index contributed by atoms with van der Waals surface area (Å²) in [5, 5.41) is 0. The lowest BCUT2D eigenvalue weighted by Gasteiger charge is -2.04. The van der Waals surface area contributed by atoms with E-state index in [4.69, 9.17) is 0 Å². The van der Waals surface area contributed by atoms with Gasteiger partial charge >= 0.3 is 0 Å². The molecule has 0 aliphatic heterocycles. The quantitative estimate of drug-likeness (QED) is 0.578. The molecule has 0 N–H and O–H groups in total. The largest absolute Gasteiger partial charge is 0.234 e. The molecule has 0 saturated carbocycles. The Morgan fingerprint density at radius 2 is 1.71 bits per heavy atom. The van der Waals surface area contributed by atoms with Crippen molar-refractivity contribution < 1.29 is 4.79 Å². The standard InChI is InChI=1S/C15H13NO/c17-12-16-10-9-13-5-4-8-15(11-13)14-6-2-1-3-7-14/h1-8,11H,9-10H2. The summed E-state index contributed by atoms with van der Waals surface area (Å²) in [5.74, 6) is 0. The first-order valence-electron chi connectivity index (χ1n) is 5.58. The van der Waals surface area contributed by atoms with Crippen molar-refractivity contribution in [3.63, 3.8) is 0 Å².